The molecule has 1 heterocycles. The molecule has 0 aliphatic rings. The van der Waals surface area contributed by atoms with Crippen LogP contribution in [0.1, 0.15) is 26.3 Å². The Balaban J connectivity index is 0.000000956. The maximum Gasteiger partial charge on any atom is 0.144 e. The van der Waals surface area contributed by atoms with Crippen LogP contribution in [0.2, 0.25) is 0 Å². The fraction of sp³-hybridized carbons (Fsp3) is 0.357. The lowest BCUT2D eigenvalue weighted by Crippen LogP contribution is -2.14. The molecule has 1 atom stereocenters. The maximum atomic E-state index is 5.32. The van der Waals surface area contributed by atoms with E-state index in [4.69, 9.17) is 4.84 Å². The van der Waals surface area contributed by atoms with Gasteiger partial charge in [-0.15, -0.1) is 5.10 Å². The largest absolute Gasteiger partial charge is 0.391 e. The van der Waals surface area contributed by atoms with Crippen LogP contribution in [0.4, 0.5) is 0 Å². The van der Waals surface area contributed by atoms with Crippen LogP contribution in [-0.2, 0) is 11.4 Å². The Labute approximate surface area is 127 Å². The van der Waals surface area contributed by atoms with E-state index in [1.165, 1.54) is 0 Å². The van der Waals surface area contributed by atoms with Crippen molar-refractivity contribution < 1.29 is 4.84 Å². The number of rotatable bonds is 5. The smallest absolute Gasteiger partial charge is 0.144 e. The standard InChI is InChI=1S/C12H13BrN4O.C2H6/c1-10(9-17-7-6-14-16-17)18-15-8-11-2-4-12(13)5-3-11;1-2/h2-8,10H,9H2,1H3;1-2H3/b15-8+;. The van der Waals surface area contributed by atoms with E-state index in [0.29, 0.717) is 6.54 Å². The second kappa shape index (κ2) is 9.25. The first-order valence-electron chi connectivity index (χ1n) is 6.53. The molecule has 0 spiro atoms. The van der Waals surface area contributed by atoms with E-state index in [2.05, 4.69) is 31.4 Å². The lowest BCUT2D eigenvalue weighted by Gasteiger charge is -2.08. The number of benzene rings is 1. The average Bonchev–Trinajstić information content (AvgIpc) is 2.96. The van der Waals surface area contributed by atoms with Crippen LogP contribution < -0.4 is 0 Å². The number of hydrogen-bond acceptors (Lipinski definition) is 4. The number of aromatic nitrogens is 3. The van der Waals surface area contributed by atoms with Gasteiger partial charge in [-0.3, -0.25) is 0 Å². The van der Waals surface area contributed by atoms with Crippen LogP contribution in [-0.4, -0.2) is 27.3 Å². The molecule has 0 radical (unpaired) electrons. The maximum absolute atomic E-state index is 5.32. The van der Waals surface area contributed by atoms with Crippen LogP contribution in [0.5, 0.6) is 0 Å². The van der Waals surface area contributed by atoms with Crippen LogP contribution in [0.25, 0.3) is 0 Å². The summed E-state index contributed by atoms with van der Waals surface area (Å²) in [5, 5.41) is 11.5. The first-order valence-corrected chi connectivity index (χ1v) is 7.32. The highest BCUT2D eigenvalue weighted by atomic mass is 79.9. The molecule has 0 aliphatic heterocycles. The minimum Gasteiger partial charge on any atom is -0.391 e. The van der Waals surface area contributed by atoms with Gasteiger partial charge in [0.25, 0.3) is 0 Å². The summed E-state index contributed by atoms with van der Waals surface area (Å²) < 4.78 is 2.75. The second-order valence-corrected chi connectivity index (χ2v) is 4.74. The molecule has 6 heteroatoms. The third kappa shape index (κ3) is 5.97. The van der Waals surface area contributed by atoms with Gasteiger partial charge in [-0.1, -0.05) is 52.3 Å². The summed E-state index contributed by atoms with van der Waals surface area (Å²) in [5.74, 6) is 0. The molecule has 108 valence electrons. The highest BCUT2D eigenvalue weighted by Gasteiger charge is 2.03. The Morgan fingerprint density at radius 3 is 2.65 bits per heavy atom. The van der Waals surface area contributed by atoms with Crippen molar-refractivity contribution in [3.63, 3.8) is 0 Å². The fourth-order valence-electron chi connectivity index (χ4n) is 1.37. The first kappa shape index (κ1) is 16.4. The van der Waals surface area contributed by atoms with Crippen molar-refractivity contribution in [2.24, 2.45) is 5.16 Å². The summed E-state index contributed by atoms with van der Waals surface area (Å²) in [6, 6.07) is 7.83. The fourth-order valence-corrected chi connectivity index (χ4v) is 1.64. The van der Waals surface area contributed by atoms with Gasteiger partial charge in [0.1, 0.15) is 6.10 Å². The quantitative estimate of drug-likeness (QED) is 0.619. The van der Waals surface area contributed by atoms with E-state index in [0.717, 1.165) is 10.0 Å². The van der Waals surface area contributed by atoms with E-state index < -0.39 is 0 Å². The summed E-state index contributed by atoms with van der Waals surface area (Å²) >= 11 is 3.38. The van der Waals surface area contributed by atoms with Crippen LogP contribution in [0.3, 0.4) is 0 Å². The molecule has 0 amide bonds. The minimum absolute atomic E-state index is 0.0570. The zero-order chi connectivity index (χ0) is 14.8. The molecule has 1 aromatic heterocycles. The molecule has 20 heavy (non-hydrogen) atoms. The van der Waals surface area contributed by atoms with Crippen molar-refractivity contribution >= 4 is 22.1 Å². The molecule has 0 saturated carbocycles. The highest BCUT2D eigenvalue weighted by Crippen LogP contribution is 2.09. The summed E-state index contributed by atoms with van der Waals surface area (Å²) in [4.78, 5) is 5.32. The van der Waals surface area contributed by atoms with E-state index in [1.807, 2.05) is 45.0 Å². The van der Waals surface area contributed by atoms with Crippen molar-refractivity contribution in [2.45, 2.75) is 33.4 Å². The van der Waals surface area contributed by atoms with E-state index >= 15 is 0 Å². The molecule has 1 unspecified atom stereocenters. The predicted molar refractivity (Wildman–Crippen MR) is 83.7 cm³/mol. The van der Waals surface area contributed by atoms with Crippen molar-refractivity contribution in [1.82, 2.24) is 15.0 Å². The first-order chi connectivity index (χ1) is 9.74. The molecule has 1 aromatic carbocycles. The van der Waals surface area contributed by atoms with Crippen molar-refractivity contribution in [1.29, 1.82) is 0 Å². The predicted octanol–water partition coefficient (Wildman–Crippen LogP) is 3.51. The number of hydrogen-bond donors (Lipinski definition) is 0. The van der Waals surface area contributed by atoms with Gasteiger partial charge >= 0.3 is 0 Å². The van der Waals surface area contributed by atoms with Crippen molar-refractivity contribution in [3.05, 3.63) is 46.7 Å². The lowest BCUT2D eigenvalue weighted by atomic mass is 10.2. The Kier molecular flexibility index (Phi) is 7.57. The van der Waals surface area contributed by atoms with Crippen LogP contribution in [0, 0.1) is 0 Å². The van der Waals surface area contributed by atoms with Gasteiger partial charge in [0.15, 0.2) is 0 Å². The second-order valence-electron chi connectivity index (χ2n) is 3.83. The molecular formula is C14H19BrN4O. The molecule has 0 bridgehead atoms. The third-order valence-corrected chi connectivity index (χ3v) is 2.76. The molecule has 0 aliphatic carbocycles. The minimum atomic E-state index is -0.0570. The van der Waals surface area contributed by atoms with E-state index in [-0.39, 0.29) is 6.10 Å². The lowest BCUT2D eigenvalue weighted by molar-refractivity contribution is 0.0583. The summed E-state index contributed by atoms with van der Waals surface area (Å²) in [7, 11) is 0. The Bertz CT molecular complexity index is 496. The Hall–Kier alpha value is -1.69. The zero-order valence-electron chi connectivity index (χ0n) is 11.9. The van der Waals surface area contributed by atoms with E-state index in [9.17, 15) is 0 Å². The molecule has 0 saturated heterocycles. The molecule has 2 rings (SSSR count). The van der Waals surface area contributed by atoms with Gasteiger partial charge < -0.3 is 4.84 Å². The monoisotopic (exact) mass is 338 g/mol. The molecule has 5 nitrogen and oxygen atoms in total. The van der Waals surface area contributed by atoms with Gasteiger partial charge in [-0.05, 0) is 24.6 Å². The van der Waals surface area contributed by atoms with Gasteiger partial charge in [-0.2, -0.15) is 0 Å². The highest BCUT2D eigenvalue weighted by molar-refractivity contribution is 9.10. The topological polar surface area (TPSA) is 52.3 Å². The SMILES string of the molecule is CC.CC(Cn1ccnn1)O/N=C/c1ccc(Br)cc1. The summed E-state index contributed by atoms with van der Waals surface area (Å²) in [6.45, 7) is 6.55. The number of halogens is 1. The van der Waals surface area contributed by atoms with Gasteiger partial charge in [0.2, 0.25) is 0 Å². The number of nitrogens with zero attached hydrogens (tertiary/aromatic N) is 4. The van der Waals surface area contributed by atoms with Gasteiger partial charge in [-0.25, -0.2) is 4.68 Å². The third-order valence-electron chi connectivity index (χ3n) is 2.23. The van der Waals surface area contributed by atoms with Crippen molar-refractivity contribution in [3.8, 4) is 0 Å². The number of oxime groups is 1. The zero-order valence-corrected chi connectivity index (χ0v) is 13.5. The molecular weight excluding hydrogens is 320 g/mol. The summed E-state index contributed by atoms with van der Waals surface area (Å²) in [6.07, 6.45) is 5.05. The molecule has 0 N–H and O–H groups in total. The Morgan fingerprint density at radius 1 is 1.35 bits per heavy atom. The summed E-state index contributed by atoms with van der Waals surface area (Å²) in [5.41, 5.74) is 0.992. The van der Waals surface area contributed by atoms with Crippen LogP contribution >= 0.6 is 15.9 Å². The normalized spacial score (nSPS) is 11.8. The van der Waals surface area contributed by atoms with E-state index in [1.54, 1.807) is 23.3 Å². The average molecular weight is 339 g/mol. The molecule has 2 aromatic rings. The van der Waals surface area contributed by atoms with Crippen LogP contribution in [0.15, 0.2) is 46.3 Å². The molecule has 0 fully saturated rings. The Morgan fingerprint density at radius 2 is 2.05 bits per heavy atom. The van der Waals surface area contributed by atoms with Gasteiger partial charge in [0.05, 0.1) is 19.0 Å². The van der Waals surface area contributed by atoms with Gasteiger partial charge in [0, 0.05) is 10.7 Å². The van der Waals surface area contributed by atoms with Crippen molar-refractivity contribution in [2.75, 3.05) is 0 Å².